The van der Waals surface area contributed by atoms with Gasteiger partial charge in [-0.2, -0.15) is 0 Å². The second-order valence-corrected chi connectivity index (χ2v) is 6.13. The van der Waals surface area contributed by atoms with Crippen LogP contribution in [-0.4, -0.2) is 70.4 Å². The van der Waals surface area contributed by atoms with Crippen molar-refractivity contribution in [3.8, 4) is 0 Å². The third kappa shape index (κ3) is 3.19. The molecule has 112 valence electrons. The maximum absolute atomic E-state index is 12.3. The molecule has 0 aromatic carbocycles. The highest BCUT2D eigenvalue weighted by molar-refractivity contribution is 7.99. The van der Waals surface area contributed by atoms with Crippen LogP contribution < -0.4 is 5.32 Å². The number of thioether (sulfide) groups is 1. The lowest BCUT2D eigenvalue weighted by Gasteiger charge is -2.35. The second-order valence-electron chi connectivity index (χ2n) is 5.10. The van der Waals surface area contributed by atoms with Gasteiger partial charge in [0.05, 0.1) is 6.04 Å². The molecule has 6 nitrogen and oxygen atoms in total. The Morgan fingerprint density at radius 3 is 2.57 bits per heavy atom. The van der Waals surface area contributed by atoms with Gasteiger partial charge in [-0.05, 0) is 12.1 Å². The fourth-order valence-corrected chi connectivity index (χ4v) is 3.49. The normalized spacial score (nSPS) is 22.4. The molecule has 0 aliphatic carbocycles. The summed E-state index contributed by atoms with van der Waals surface area (Å²) in [5, 5.41) is 3.19. The number of pyridine rings is 1. The van der Waals surface area contributed by atoms with Gasteiger partial charge in [0.15, 0.2) is 0 Å². The Bertz CT molecular complexity index is 511. The first-order valence-electron chi connectivity index (χ1n) is 7.06. The summed E-state index contributed by atoms with van der Waals surface area (Å²) in [6.07, 6.45) is 1.62. The number of piperazine rings is 1. The Balaban J connectivity index is 1.55. The third-order valence-electron chi connectivity index (χ3n) is 3.78. The van der Waals surface area contributed by atoms with Crippen molar-refractivity contribution in [2.75, 3.05) is 37.8 Å². The van der Waals surface area contributed by atoms with Crippen molar-refractivity contribution in [3.05, 3.63) is 30.1 Å². The molecule has 2 amide bonds. The zero-order chi connectivity index (χ0) is 14.7. The lowest BCUT2D eigenvalue weighted by atomic mass is 10.2. The van der Waals surface area contributed by atoms with Gasteiger partial charge in [-0.3, -0.25) is 19.9 Å². The van der Waals surface area contributed by atoms with Gasteiger partial charge in [0.1, 0.15) is 5.69 Å². The van der Waals surface area contributed by atoms with Crippen molar-refractivity contribution < 1.29 is 9.59 Å². The summed E-state index contributed by atoms with van der Waals surface area (Å²) in [6, 6.07) is 5.26. The van der Waals surface area contributed by atoms with Gasteiger partial charge >= 0.3 is 0 Å². The maximum Gasteiger partial charge on any atom is 0.272 e. The fraction of sp³-hybridized carbons (Fsp3) is 0.500. The van der Waals surface area contributed by atoms with Crippen molar-refractivity contribution in [2.45, 2.75) is 6.04 Å². The number of rotatable bonds is 2. The molecule has 1 unspecified atom stereocenters. The summed E-state index contributed by atoms with van der Waals surface area (Å²) in [7, 11) is 0. The molecule has 0 saturated carbocycles. The molecule has 3 rings (SSSR count). The molecule has 2 fully saturated rings. The largest absolute Gasteiger partial charge is 0.338 e. The summed E-state index contributed by atoms with van der Waals surface area (Å²) < 4.78 is 0. The highest BCUT2D eigenvalue weighted by atomic mass is 32.2. The topological polar surface area (TPSA) is 65.5 Å². The summed E-state index contributed by atoms with van der Waals surface area (Å²) >= 11 is 1.75. The zero-order valence-electron chi connectivity index (χ0n) is 11.7. The van der Waals surface area contributed by atoms with E-state index in [1.54, 1.807) is 35.0 Å². The Morgan fingerprint density at radius 1 is 1.19 bits per heavy atom. The number of hydrogen-bond donors (Lipinski definition) is 1. The Morgan fingerprint density at radius 2 is 1.95 bits per heavy atom. The van der Waals surface area contributed by atoms with Gasteiger partial charge in [0, 0.05) is 44.0 Å². The molecule has 21 heavy (non-hydrogen) atoms. The lowest BCUT2D eigenvalue weighted by Crippen LogP contribution is -2.54. The van der Waals surface area contributed by atoms with Crippen LogP contribution in [0, 0.1) is 0 Å². The van der Waals surface area contributed by atoms with Crippen molar-refractivity contribution in [2.24, 2.45) is 0 Å². The Labute approximate surface area is 127 Å². The number of nitrogens with one attached hydrogen (secondary N) is 1. The fourth-order valence-electron chi connectivity index (χ4n) is 2.56. The van der Waals surface area contributed by atoms with Crippen LogP contribution in [0.3, 0.4) is 0 Å². The number of nitrogens with zero attached hydrogens (tertiary/aromatic N) is 3. The van der Waals surface area contributed by atoms with E-state index in [2.05, 4.69) is 10.3 Å². The van der Waals surface area contributed by atoms with E-state index >= 15 is 0 Å². The molecule has 1 atom stereocenters. The van der Waals surface area contributed by atoms with Crippen LogP contribution in [0.2, 0.25) is 0 Å². The van der Waals surface area contributed by atoms with Crippen molar-refractivity contribution in [1.29, 1.82) is 0 Å². The minimum atomic E-state index is -0.0620. The highest BCUT2D eigenvalue weighted by Crippen LogP contribution is 2.14. The maximum atomic E-state index is 12.3. The Kier molecular flexibility index (Phi) is 4.40. The monoisotopic (exact) mass is 306 g/mol. The molecule has 7 heteroatoms. The van der Waals surface area contributed by atoms with Gasteiger partial charge < -0.3 is 9.80 Å². The number of carbonyl (C=O) groups excluding carboxylic acids is 2. The van der Waals surface area contributed by atoms with Gasteiger partial charge in [-0.1, -0.05) is 6.07 Å². The number of hydrogen-bond acceptors (Lipinski definition) is 5. The summed E-state index contributed by atoms with van der Waals surface area (Å²) in [5.41, 5.74) is 0.464. The van der Waals surface area contributed by atoms with Crippen LogP contribution >= 0.6 is 11.8 Å². The molecule has 0 spiro atoms. The van der Waals surface area contributed by atoms with Gasteiger partial charge in [-0.15, -0.1) is 11.8 Å². The van der Waals surface area contributed by atoms with E-state index in [-0.39, 0.29) is 17.9 Å². The van der Waals surface area contributed by atoms with E-state index in [1.165, 1.54) is 0 Å². The predicted octanol–water partition coefficient (Wildman–Crippen LogP) is 0.0285. The molecule has 2 aliphatic heterocycles. The van der Waals surface area contributed by atoms with Gasteiger partial charge in [-0.25, -0.2) is 0 Å². The van der Waals surface area contributed by atoms with E-state index < -0.39 is 0 Å². The summed E-state index contributed by atoms with van der Waals surface area (Å²) in [4.78, 5) is 32.3. The molecule has 2 saturated heterocycles. The first-order chi connectivity index (χ1) is 10.3. The molecule has 2 aliphatic rings. The van der Waals surface area contributed by atoms with Crippen molar-refractivity contribution >= 4 is 23.6 Å². The molecule has 1 aromatic heterocycles. The average molecular weight is 306 g/mol. The summed E-state index contributed by atoms with van der Waals surface area (Å²) in [6.45, 7) is 2.34. The highest BCUT2D eigenvalue weighted by Gasteiger charge is 2.30. The van der Waals surface area contributed by atoms with Crippen LogP contribution in [0.4, 0.5) is 0 Å². The van der Waals surface area contributed by atoms with Crippen molar-refractivity contribution in [3.63, 3.8) is 0 Å². The second kappa shape index (κ2) is 6.44. The van der Waals surface area contributed by atoms with Crippen LogP contribution in [0.25, 0.3) is 0 Å². The number of aromatic nitrogens is 1. The summed E-state index contributed by atoms with van der Waals surface area (Å²) in [5.74, 6) is 1.78. The van der Waals surface area contributed by atoms with E-state index in [0.29, 0.717) is 31.9 Å². The quantitative estimate of drug-likeness (QED) is 0.835. The SMILES string of the molecule is O=C(c1ccccn1)N1CCN(C(=O)C2CSCN2)CC1. The molecule has 3 heterocycles. The lowest BCUT2D eigenvalue weighted by molar-refractivity contribution is -0.134. The van der Waals surface area contributed by atoms with Crippen LogP contribution in [0.1, 0.15) is 10.5 Å². The minimum Gasteiger partial charge on any atom is -0.338 e. The molecular formula is C14H18N4O2S. The molecule has 1 aromatic rings. The number of carbonyl (C=O) groups is 2. The zero-order valence-corrected chi connectivity index (χ0v) is 12.5. The Hall–Kier alpha value is -1.60. The van der Waals surface area contributed by atoms with Gasteiger partial charge in [0.2, 0.25) is 5.91 Å². The third-order valence-corrected chi connectivity index (χ3v) is 4.72. The molecule has 1 N–H and O–H groups in total. The van der Waals surface area contributed by atoms with Crippen molar-refractivity contribution in [1.82, 2.24) is 20.1 Å². The van der Waals surface area contributed by atoms with E-state index in [0.717, 1.165) is 11.6 Å². The van der Waals surface area contributed by atoms with Crippen LogP contribution in [0.15, 0.2) is 24.4 Å². The van der Waals surface area contributed by atoms with E-state index in [4.69, 9.17) is 0 Å². The molecule has 0 radical (unpaired) electrons. The minimum absolute atomic E-state index is 0.0581. The average Bonchev–Trinajstić information content (AvgIpc) is 3.09. The molecule has 0 bridgehead atoms. The number of amides is 2. The smallest absolute Gasteiger partial charge is 0.272 e. The first-order valence-corrected chi connectivity index (χ1v) is 8.21. The van der Waals surface area contributed by atoms with E-state index in [1.807, 2.05) is 11.0 Å². The molecular weight excluding hydrogens is 288 g/mol. The first kappa shape index (κ1) is 14.3. The standard InChI is InChI=1S/C14H18N4O2S/c19-13(11-3-1-2-4-15-11)17-5-7-18(8-6-17)14(20)12-9-21-10-16-12/h1-4,12,16H,5-10H2. The van der Waals surface area contributed by atoms with Gasteiger partial charge in [0.25, 0.3) is 5.91 Å². The predicted molar refractivity (Wildman–Crippen MR) is 81.0 cm³/mol. The van der Waals surface area contributed by atoms with Crippen LogP contribution in [-0.2, 0) is 4.79 Å². The van der Waals surface area contributed by atoms with Crippen LogP contribution in [0.5, 0.6) is 0 Å². The van der Waals surface area contributed by atoms with E-state index in [9.17, 15) is 9.59 Å².